The summed E-state index contributed by atoms with van der Waals surface area (Å²) in [6.07, 6.45) is 0. The van der Waals surface area contributed by atoms with E-state index in [0.717, 1.165) is 22.6 Å². The third-order valence-electron chi connectivity index (χ3n) is 6.76. The number of hydrogen-bond donors (Lipinski definition) is 1. The first-order chi connectivity index (χ1) is 16.5. The molecule has 0 aliphatic carbocycles. The monoisotopic (exact) mass is 480 g/mol. The lowest BCUT2D eigenvalue weighted by Gasteiger charge is -2.20. The summed E-state index contributed by atoms with van der Waals surface area (Å²) in [4.78, 5) is 2.56. The molecule has 0 atom stereocenters. The second-order valence-electron chi connectivity index (χ2n) is 8.71. The van der Waals surface area contributed by atoms with Gasteiger partial charge in [-0.25, -0.2) is 0 Å². The molecule has 34 heavy (non-hydrogen) atoms. The maximum Gasteiger partial charge on any atom is 0.122 e. The highest BCUT2D eigenvalue weighted by Gasteiger charge is 2.18. The Morgan fingerprint density at radius 3 is 1.41 bits per heavy atom. The van der Waals surface area contributed by atoms with Gasteiger partial charge in [0.2, 0.25) is 0 Å². The predicted octanol–water partition coefficient (Wildman–Crippen LogP) is 9.21. The number of rotatable bonds is 6. The molecule has 1 nitrogen and oxygen atoms in total. The lowest BCUT2D eigenvalue weighted by Crippen LogP contribution is -2.01. The van der Waals surface area contributed by atoms with Gasteiger partial charge in [0.1, 0.15) is 5.75 Å². The van der Waals surface area contributed by atoms with Crippen molar-refractivity contribution in [3.05, 3.63) is 113 Å². The second-order valence-corrected chi connectivity index (χ2v) is 10.7. The first kappa shape index (κ1) is 22.9. The Balaban J connectivity index is 1.45. The maximum atomic E-state index is 11.0. The van der Waals surface area contributed by atoms with Crippen LogP contribution in [0.4, 0.5) is 0 Å². The van der Waals surface area contributed by atoms with Crippen LogP contribution in [0.15, 0.2) is 94.7 Å². The van der Waals surface area contributed by atoms with Crippen molar-refractivity contribution in [2.75, 3.05) is 0 Å². The van der Waals surface area contributed by atoms with Crippen molar-refractivity contribution in [3.63, 3.8) is 0 Å². The van der Waals surface area contributed by atoms with Gasteiger partial charge in [-0.1, -0.05) is 72.8 Å². The van der Waals surface area contributed by atoms with E-state index in [1.54, 1.807) is 0 Å². The van der Waals surface area contributed by atoms with Crippen molar-refractivity contribution in [1.82, 2.24) is 0 Å². The lowest BCUT2D eigenvalue weighted by molar-refractivity contribution is 0.465. The second kappa shape index (κ2) is 9.77. The van der Waals surface area contributed by atoms with Crippen LogP contribution in [0.2, 0.25) is 0 Å². The van der Waals surface area contributed by atoms with Gasteiger partial charge in [-0.15, -0.1) is 23.5 Å². The molecule has 5 aromatic carbocycles. The van der Waals surface area contributed by atoms with Crippen LogP contribution in [0, 0.1) is 20.8 Å². The number of phenols is 1. The van der Waals surface area contributed by atoms with Gasteiger partial charge in [0.15, 0.2) is 0 Å². The molecule has 0 aromatic heterocycles. The molecule has 0 amide bonds. The summed E-state index contributed by atoms with van der Waals surface area (Å²) in [5.41, 5.74) is 5.79. The van der Waals surface area contributed by atoms with E-state index < -0.39 is 0 Å². The van der Waals surface area contributed by atoms with E-state index in [1.165, 1.54) is 48.0 Å². The van der Waals surface area contributed by atoms with E-state index in [9.17, 15) is 5.11 Å². The Kier molecular flexibility index (Phi) is 6.58. The highest BCUT2D eigenvalue weighted by molar-refractivity contribution is 7.99. The Bertz CT molecular complexity index is 1380. The largest absolute Gasteiger partial charge is 0.507 e. The minimum absolute atomic E-state index is 0.438. The molecule has 5 aromatic rings. The van der Waals surface area contributed by atoms with Crippen molar-refractivity contribution in [3.8, 4) is 5.75 Å². The number of phenolic OH excluding ortho intramolecular Hbond substituents is 1. The molecule has 0 radical (unpaired) electrons. The number of aromatic hydroxyl groups is 1. The summed E-state index contributed by atoms with van der Waals surface area (Å²) in [5.74, 6) is 2.12. The number of fused-ring (bicyclic) bond motifs is 2. The third-order valence-corrected chi connectivity index (χ3v) is 8.96. The molecule has 3 heteroatoms. The van der Waals surface area contributed by atoms with Crippen LogP contribution in [0.25, 0.3) is 21.5 Å². The van der Waals surface area contributed by atoms with Crippen molar-refractivity contribution in [1.29, 1.82) is 0 Å². The molecule has 0 aliphatic heterocycles. The molecule has 5 rings (SSSR count). The standard InChI is InChI=1S/C31H28OS2/c1-20-27(18-33-29-16-8-12-23-10-4-6-14-25(23)29)21(2)31(32)22(3)28(20)19-34-30-17-9-13-24-11-5-7-15-26(24)30/h4-17,32H,18-19H2,1-3H3. The van der Waals surface area contributed by atoms with E-state index in [2.05, 4.69) is 106 Å². The van der Waals surface area contributed by atoms with Crippen LogP contribution in [0.3, 0.4) is 0 Å². The molecular weight excluding hydrogens is 452 g/mol. The summed E-state index contributed by atoms with van der Waals surface area (Å²) >= 11 is 3.71. The highest BCUT2D eigenvalue weighted by atomic mass is 32.2. The van der Waals surface area contributed by atoms with Crippen molar-refractivity contribution in [2.24, 2.45) is 0 Å². The van der Waals surface area contributed by atoms with Gasteiger partial charge in [0.05, 0.1) is 0 Å². The maximum absolute atomic E-state index is 11.0. The topological polar surface area (TPSA) is 20.2 Å². The normalized spacial score (nSPS) is 11.4. The first-order valence-corrected chi connectivity index (χ1v) is 13.5. The fourth-order valence-electron chi connectivity index (χ4n) is 4.69. The Morgan fingerprint density at radius 1 is 0.529 bits per heavy atom. The molecule has 170 valence electrons. The van der Waals surface area contributed by atoms with Gasteiger partial charge in [-0.05, 0) is 82.3 Å². The zero-order valence-electron chi connectivity index (χ0n) is 19.8. The fourth-order valence-corrected chi connectivity index (χ4v) is 7.19. The summed E-state index contributed by atoms with van der Waals surface area (Å²) in [6, 6.07) is 30.1. The van der Waals surface area contributed by atoms with Gasteiger partial charge in [-0.2, -0.15) is 0 Å². The number of thioether (sulfide) groups is 2. The predicted molar refractivity (Wildman–Crippen MR) is 149 cm³/mol. The zero-order chi connectivity index (χ0) is 23.7. The summed E-state index contributed by atoms with van der Waals surface area (Å²) in [5, 5.41) is 16.1. The van der Waals surface area contributed by atoms with E-state index in [1.807, 2.05) is 23.5 Å². The van der Waals surface area contributed by atoms with E-state index in [4.69, 9.17) is 0 Å². The van der Waals surface area contributed by atoms with Gasteiger partial charge in [0, 0.05) is 21.3 Å². The Labute approximate surface area is 210 Å². The minimum Gasteiger partial charge on any atom is -0.507 e. The molecule has 0 unspecified atom stereocenters. The minimum atomic E-state index is 0.438. The zero-order valence-corrected chi connectivity index (χ0v) is 21.4. The van der Waals surface area contributed by atoms with Gasteiger partial charge < -0.3 is 5.11 Å². The lowest BCUT2D eigenvalue weighted by atomic mass is 9.94. The van der Waals surface area contributed by atoms with Crippen LogP contribution in [-0.4, -0.2) is 5.11 Å². The molecule has 0 saturated heterocycles. The molecule has 0 fully saturated rings. The molecule has 0 heterocycles. The Morgan fingerprint density at radius 2 is 0.941 bits per heavy atom. The third kappa shape index (κ3) is 4.31. The summed E-state index contributed by atoms with van der Waals surface area (Å²) in [6.45, 7) is 6.32. The average Bonchev–Trinajstić information content (AvgIpc) is 2.87. The van der Waals surface area contributed by atoms with Crippen LogP contribution < -0.4 is 0 Å². The Hall–Kier alpha value is -2.88. The van der Waals surface area contributed by atoms with Crippen LogP contribution >= 0.6 is 23.5 Å². The smallest absolute Gasteiger partial charge is 0.122 e. The average molecular weight is 481 g/mol. The SMILES string of the molecule is Cc1c(O)c(C)c(CSc2cccc3ccccc23)c(C)c1CSc1cccc2ccccc12. The molecule has 0 bridgehead atoms. The quantitative estimate of drug-likeness (QED) is 0.245. The first-order valence-electron chi connectivity index (χ1n) is 11.6. The molecule has 1 N–H and O–H groups in total. The number of benzene rings is 5. The van der Waals surface area contributed by atoms with Crippen LogP contribution in [0.1, 0.15) is 27.8 Å². The summed E-state index contributed by atoms with van der Waals surface area (Å²) < 4.78 is 0. The van der Waals surface area contributed by atoms with Crippen molar-refractivity contribution < 1.29 is 5.11 Å². The molecule has 0 aliphatic rings. The molecular formula is C31H28OS2. The van der Waals surface area contributed by atoms with Gasteiger partial charge in [-0.3, -0.25) is 0 Å². The number of hydrogen-bond acceptors (Lipinski definition) is 3. The van der Waals surface area contributed by atoms with E-state index in [-0.39, 0.29) is 0 Å². The van der Waals surface area contributed by atoms with Crippen LogP contribution in [0.5, 0.6) is 5.75 Å². The van der Waals surface area contributed by atoms with Crippen molar-refractivity contribution in [2.45, 2.75) is 42.1 Å². The van der Waals surface area contributed by atoms with Crippen molar-refractivity contribution >= 4 is 45.1 Å². The summed E-state index contributed by atoms with van der Waals surface area (Å²) in [7, 11) is 0. The van der Waals surface area contributed by atoms with Crippen LogP contribution in [-0.2, 0) is 11.5 Å². The van der Waals surface area contributed by atoms with E-state index >= 15 is 0 Å². The highest BCUT2D eigenvalue weighted by Crippen LogP contribution is 2.40. The molecule has 0 saturated carbocycles. The van der Waals surface area contributed by atoms with Gasteiger partial charge >= 0.3 is 0 Å². The van der Waals surface area contributed by atoms with Gasteiger partial charge in [0.25, 0.3) is 0 Å². The fraction of sp³-hybridized carbons (Fsp3) is 0.161. The molecule has 0 spiro atoms. The van der Waals surface area contributed by atoms with E-state index in [0.29, 0.717) is 5.75 Å².